The van der Waals surface area contributed by atoms with Gasteiger partial charge in [0.15, 0.2) is 0 Å². The third-order valence-electron chi connectivity index (χ3n) is 2.98. The molecule has 6 heteroatoms. The average molecular weight is 270 g/mol. The fourth-order valence-corrected chi connectivity index (χ4v) is 2.14. The van der Waals surface area contributed by atoms with Crippen molar-refractivity contribution in [1.29, 1.82) is 0 Å². The van der Waals surface area contributed by atoms with Gasteiger partial charge in [-0.25, -0.2) is 4.98 Å². The first-order chi connectivity index (χ1) is 8.49. The number of nitrogens with two attached hydrogens (primary N) is 1. The van der Waals surface area contributed by atoms with Gasteiger partial charge in [-0.05, 0) is 19.9 Å². The second kappa shape index (κ2) is 5.12. The molecule has 1 aromatic heterocycles. The van der Waals surface area contributed by atoms with Gasteiger partial charge in [0.05, 0.1) is 29.3 Å². The predicted molar refractivity (Wildman–Crippen MR) is 69.6 cm³/mol. The number of pyridine rings is 1. The van der Waals surface area contributed by atoms with Crippen molar-refractivity contribution < 1.29 is 9.53 Å². The summed E-state index contributed by atoms with van der Waals surface area (Å²) in [7, 11) is 0. The fourth-order valence-electron chi connectivity index (χ4n) is 1.96. The molecule has 1 aliphatic heterocycles. The number of morpholine rings is 1. The van der Waals surface area contributed by atoms with Crippen LogP contribution in [0.25, 0.3) is 0 Å². The highest BCUT2D eigenvalue weighted by atomic mass is 35.5. The number of amides is 1. The van der Waals surface area contributed by atoms with Gasteiger partial charge in [0.25, 0.3) is 5.91 Å². The lowest BCUT2D eigenvalue weighted by atomic mass is 10.1. The number of carbonyl (C=O) groups is 1. The topological polar surface area (TPSA) is 68.5 Å². The minimum atomic E-state index is -0.128. The van der Waals surface area contributed by atoms with E-state index in [9.17, 15) is 4.79 Å². The molecule has 18 heavy (non-hydrogen) atoms. The van der Waals surface area contributed by atoms with Crippen LogP contribution in [0.1, 0.15) is 24.2 Å². The maximum atomic E-state index is 12.4. The van der Waals surface area contributed by atoms with Crippen LogP contribution in [0.2, 0.25) is 5.02 Å². The summed E-state index contributed by atoms with van der Waals surface area (Å²) in [6.07, 6.45) is 1.43. The Kier molecular flexibility index (Phi) is 3.73. The first-order valence-electron chi connectivity index (χ1n) is 5.82. The van der Waals surface area contributed by atoms with Crippen molar-refractivity contribution in [2.75, 3.05) is 18.9 Å². The number of hydrogen-bond acceptors (Lipinski definition) is 4. The standard InChI is InChI=1S/C12H16ClN3O2/c1-7-6-18-8(2)5-16(7)12(17)9-3-11(14)15-4-10(9)13/h3-4,7-8H,5-6H2,1-2H3,(H2,14,15). The van der Waals surface area contributed by atoms with Gasteiger partial charge in [-0.15, -0.1) is 0 Å². The molecular formula is C12H16ClN3O2. The molecule has 0 radical (unpaired) electrons. The van der Waals surface area contributed by atoms with Crippen LogP contribution in [0, 0.1) is 0 Å². The van der Waals surface area contributed by atoms with E-state index in [4.69, 9.17) is 22.1 Å². The number of ether oxygens (including phenoxy) is 1. The Morgan fingerprint density at radius 3 is 3.06 bits per heavy atom. The number of carbonyl (C=O) groups excluding carboxylic acids is 1. The Balaban J connectivity index is 2.27. The lowest BCUT2D eigenvalue weighted by Crippen LogP contribution is -2.50. The lowest BCUT2D eigenvalue weighted by molar-refractivity contribution is -0.0387. The lowest BCUT2D eigenvalue weighted by Gasteiger charge is -2.37. The third-order valence-corrected chi connectivity index (χ3v) is 3.28. The van der Waals surface area contributed by atoms with E-state index in [1.165, 1.54) is 12.3 Å². The molecule has 1 fully saturated rings. The smallest absolute Gasteiger partial charge is 0.255 e. The van der Waals surface area contributed by atoms with Gasteiger partial charge < -0.3 is 15.4 Å². The molecule has 1 aromatic rings. The molecule has 2 heterocycles. The Morgan fingerprint density at radius 1 is 1.61 bits per heavy atom. The summed E-state index contributed by atoms with van der Waals surface area (Å²) >= 11 is 6.00. The highest BCUT2D eigenvalue weighted by Crippen LogP contribution is 2.21. The number of rotatable bonds is 1. The molecule has 0 saturated carbocycles. The number of nitrogens with zero attached hydrogens (tertiary/aromatic N) is 2. The molecule has 2 unspecified atom stereocenters. The second-order valence-corrected chi connectivity index (χ2v) is 4.95. The third kappa shape index (κ3) is 2.57. The van der Waals surface area contributed by atoms with Gasteiger partial charge in [0, 0.05) is 12.7 Å². The maximum absolute atomic E-state index is 12.4. The second-order valence-electron chi connectivity index (χ2n) is 4.54. The Bertz CT molecular complexity index is 467. The SMILES string of the molecule is CC1CN(C(=O)c2cc(N)ncc2Cl)C(C)CO1. The van der Waals surface area contributed by atoms with Gasteiger partial charge in [-0.3, -0.25) is 4.79 Å². The summed E-state index contributed by atoms with van der Waals surface area (Å²) in [4.78, 5) is 18.0. The first kappa shape index (κ1) is 13.1. The number of hydrogen-bond donors (Lipinski definition) is 1. The summed E-state index contributed by atoms with van der Waals surface area (Å²) in [6.45, 7) is 4.97. The maximum Gasteiger partial charge on any atom is 0.255 e. The first-order valence-corrected chi connectivity index (χ1v) is 6.20. The van der Waals surface area contributed by atoms with Crippen LogP contribution in [0.4, 0.5) is 5.82 Å². The van der Waals surface area contributed by atoms with Gasteiger partial charge in [-0.2, -0.15) is 0 Å². The Morgan fingerprint density at radius 2 is 2.33 bits per heavy atom. The van der Waals surface area contributed by atoms with E-state index in [-0.39, 0.29) is 23.9 Å². The van der Waals surface area contributed by atoms with Crippen LogP contribution < -0.4 is 5.73 Å². The highest BCUT2D eigenvalue weighted by Gasteiger charge is 2.29. The molecule has 1 aliphatic rings. The van der Waals surface area contributed by atoms with Crippen molar-refractivity contribution >= 4 is 23.3 Å². The van der Waals surface area contributed by atoms with Crippen LogP contribution in [-0.2, 0) is 4.74 Å². The number of aromatic nitrogens is 1. The molecule has 0 aromatic carbocycles. The highest BCUT2D eigenvalue weighted by molar-refractivity contribution is 6.33. The van der Waals surface area contributed by atoms with Crippen molar-refractivity contribution in [3.8, 4) is 0 Å². The largest absolute Gasteiger partial charge is 0.384 e. The van der Waals surface area contributed by atoms with Crippen LogP contribution in [0.5, 0.6) is 0 Å². The summed E-state index contributed by atoms with van der Waals surface area (Å²) in [5.74, 6) is 0.161. The van der Waals surface area contributed by atoms with Gasteiger partial charge in [0.1, 0.15) is 5.82 Å². The summed E-state index contributed by atoms with van der Waals surface area (Å²) in [5, 5.41) is 0.320. The van der Waals surface area contributed by atoms with Crippen molar-refractivity contribution in [3.63, 3.8) is 0 Å². The zero-order valence-electron chi connectivity index (χ0n) is 10.4. The molecule has 0 aliphatic carbocycles. The van der Waals surface area contributed by atoms with E-state index in [2.05, 4.69) is 4.98 Å². The Labute approximate surface area is 111 Å². The molecule has 2 atom stereocenters. The van der Waals surface area contributed by atoms with Crippen LogP contribution >= 0.6 is 11.6 Å². The average Bonchev–Trinajstić information content (AvgIpc) is 2.34. The van der Waals surface area contributed by atoms with E-state index in [0.29, 0.717) is 23.7 Å². The number of nitrogen functional groups attached to an aromatic ring is 1. The van der Waals surface area contributed by atoms with E-state index in [1.54, 1.807) is 4.90 Å². The van der Waals surface area contributed by atoms with E-state index in [0.717, 1.165) is 0 Å². The molecule has 1 amide bonds. The number of halogens is 1. The minimum absolute atomic E-state index is 0.0270. The summed E-state index contributed by atoms with van der Waals surface area (Å²) in [6, 6.07) is 1.54. The molecule has 0 spiro atoms. The molecule has 98 valence electrons. The summed E-state index contributed by atoms with van der Waals surface area (Å²) < 4.78 is 5.50. The van der Waals surface area contributed by atoms with Crippen LogP contribution in [-0.4, -0.2) is 41.1 Å². The minimum Gasteiger partial charge on any atom is -0.384 e. The zero-order chi connectivity index (χ0) is 13.3. The Hall–Kier alpha value is -1.33. The van der Waals surface area contributed by atoms with Crippen LogP contribution in [0.3, 0.4) is 0 Å². The van der Waals surface area contributed by atoms with Gasteiger partial charge >= 0.3 is 0 Å². The van der Waals surface area contributed by atoms with E-state index in [1.807, 2.05) is 13.8 Å². The molecule has 0 bridgehead atoms. The fraction of sp³-hybridized carbons (Fsp3) is 0.500. The molecular weight excluding hydrogens is 254 g/mol. The van der Waals surface area contributed by atoms with Crippen molar-refractivity contribution in [2.45, 2.75) is 26.0 Å². The monoisotopic (exact) mass is 269 g/mol. The van der Waals surface area contributed by atoms with Crippen LogP contribution in [0.15, 0.2) is 12.3 Å². The quantitative estimate of drug-likeness (QED) is 0.840. The van der Waals surface area contributed by atoms with Crippen molar-refractivity contribution in [2.24, 2.45) is 0 Å². The number of anilines is 1. The van der Waals surface area contributed by atoms with E-state index < -0.39 is 0 Å². The van der Waals surface area contributed by atoms with Gasteiger partial charge in [0.2, 0.25) is 0 Å². The van der Waals surface area contributed by atoms with Crippen molar-refractivity contribution in [1.82, 2.24) is 9.88 Å². The van der Waals surface area contributed by atoms with E-state index >= 15 is 0 Å². The van der Waals surface area contributed by atoms with Gasteiger partial charge in [-0.1, -0.05) is 11.6 Å². The summed E-state index contributed by atoms with van der Waals surface area (Å²) in [5.41, 5.74) is 5.99. The van der Waals surface area contributed by atoms with Crippen molar-refractivity contribution in [3.05, 3.63) is 22.8 Å². The molecule has 2 rings (SSSR count). The predicted octanol–water partition coefficient (Wildman–Crippen LogP) is 1.57. The molecule has 1 saturated heterocycles. The molecule has 5 nitrogen and oxygen atoms in total. The zero-order valence-corrected chi connectivity index (χ0v) is 11.1. The normalized spacial score (nSPS) is 24.1. The molecule has 2 N–H and O–H groups in total.